The molecule has 0 fully saturated rings. The molecule has 4 heteroatoms. The number of aryl methyl sites for hydroxylation is 1. The molecule has 1 rings (SSSR count). The molecule has 0 spiro atoms. The lowest BCUT2D eigenvalue weighted by molar-refractivity contribution is 0.0650. The number of benzene rings is 1. The van der Waals surface area contributed by atoms with Crippen LogP contribution in [0.15, 0.2) is 12.1 Å². The van der Waals surface area contributed by atoms with Gasteiger partial charge in [0.25, 0.3) is 0 Å². The van der Waals surface area contributed by atoms with E-state index in [4.69, 9.17) is 0 Å². The lowest BCUT2D eigenvalue weighted by Crippen LogP contribution is -2.17. The van der Waals surface area contributed by atoms with Crippen LogP contribution in [0.1, 0.15) is 86.2 Å². The topological polar surface area (TPSA) is 74.6 Å². The minimum atomic E-state index is -1.19. The molecule has 0 saturated heterocycles. The van der Waals surface area contributed by atoms with Crippen molar-refractivity contribution in [3.8, 4) is 0 Å². The summed E-state index contributed by atoms with van der Waals surface area (Å²) in [6.07, 6.45) is 3.05. The van der Waals surface area contributed by atoms with Crippen LogP contribution in [0.2, 0.25) is 0 Å². The summed E-state index contributed by atoms with van der Waals surface area (Å²) in [4.78, 5) is 23.2. The van der Waals surface area contributed by atoms with Crippen molar-refractivity contribution in [1.29, 1.82) is 0 Å². The number of carboxylic acid groups (broad SMARTS) is 2. The summed E-state index contributed by atoms with van der Waals surface area (Å²) in [7, 11) is 0. The maximum atomic E-state index is 11.8. The summed E-state index contributed by atoms with van der Waals surface area (Å²) in [6, 6.07) is 3.23. The van der Waals surface area contributed by atoms with Gasteiger partial charge < -0.3 is 10.2 Å². The molecule has 0 heterocycles. The minimum absolute atomic E-state index is 0.0434. The predicted octanol–water partition coefficient (Wildman–Crippen LogP) is 5.04. The molecular formula is C20H30O4. The van der Waals surface area contributed by atoms with Gasteiger partial charge in [0.15, 0.2) is 0 Å². The third kappa shape index (κ3) is 5.99. The molecule has 0 aromatic heterocycles. The monoisotopic (exact) mass is 334 g/mol. The summed E-state index contributed by atoms with van der Waals surface area (Å²) in [5.41, 5.74) is 1.66. The molecule has 0 aliphatic heterocycles. The van der Waals surface area contributed by atoms with Crippen LogP contribution in [0.5, 0.6) is 0 Å². The van der Waals surface area contributed by atoms with Crippen molar-refractivity contribution in [2.24, 2.45) is 10.8 Å². The molecule has 0 unspecified atom stereocenters. The third-order valence-corrected chi connectivity index (χ3v) is 4.12. The zero-order chi connectivity index (χ0) is 18.7. The van der Waals surface area contributed by atoms with E-state index in [9.17, 15) is 19.8 Å². The number of aromatic carboxylic acids is 2. The molecule has 134 valence electrons. The first kappa shape index (κ1) is 20.2. The molecule has 0 saturated carbocycles. The van der Waals surface area contributed by atoms with Crippen molar-refractivity contribution >= 4 is 11.9 Å². The highest BCUT2D eigenvalue weighted by molar-refractivity contribution is 6.03. The van der Waals surface area contributed by atoms with Crippen LogP contribution in [0, 0.1) is 10.8 Å². The quantitative estimate of drug-likeness (QED) is 0.764. The van der Waals surface area contributed by atoms with Gasteiger partial charge in [-0.1, -0.05) is 47.6 Å². The summed E-state index contributed by atoms with van der Waals surface area (Å²) < 4.78 is 0. The second kappa shape index (κ2) is 7.37. The van der Waals surface area contributed by atoms with Crippen molar-refractivity contribution in [2.45, 2.75) is 67.2 Å². The van der Waals surface area contributed by atoms with Gasteiger partial charge in [-0.2, -0.15) is 0 Å². The molecule has 1 aromatic carbocycles. The summed E-state index contributed by atoms with van der Waals surface area (Å²) in [5.74, 6) is -2.35. The molecule has 0 radical (unpaired) electrons. The Morgan fingerprint density at radius 1 is 0.833 bits per heavy atom. The first-order chi connectivity index (χ1) is 10.8. The van der Waals surface area contributed by atoms with Gasteiger partial charge in [-0.15, -0.1) is 0 Å². The fourth-order valence-corrected chi connectivity index (χ4v) is 2.64. The van der Waals surface area contributed by atoms with Crippen molar-refractivity contribution < 1.29 is 19.8 Å². The van der Waals surface area contributed by atoms with Gasteiger partial charge >= 0.3 is 11.9 Å². The van der Waals surface area contributed by atoms with Gasteiger partial charge in [0.1, 0.15) is 0 Å². The summed E-state index contributed by atoms with van der Waals surface area (Å²) >= 11 is 0. The maximum absolute atomic E-state index is 11.8. The average molecular weight is 334 g/mol. The van der Waals surface area contributed by atoms with E-state index in [1.54, 1.807) is 6.07 Å². The number of hydrogen-bond donors (Lipinski definition) is 2. The maximum Gasteiger partial charge on any atom is 0.336 e. The lowest BCUT2D eigenvalue weighted by atomic mass is 9.82. The Balaban J connectivity index is 3.38. The molecule has 1 aromatic rings. The highest BCUT2D eigenvalue weighted by Crippen LogP contribution is 2.30. The highest BCUT2D eigenvalue weighted by Gasteiger charge is 2.24. The first-order valence-corrected chi connectivity index (χ1v) is 8.43. The molecule has 4 nitrogen and oxygen atoms in total. The van der Waals surface area contributed by atoms with Crippen LogP contribution < -0.4 is 0 Å². The molecule has 0 amide bonds. The fraction of sp³-hybridized carbons (Fsp3) is 0.600. The Labute approximate surface area is 144 Å². The van der Waals surface area contributed by atoms with Crippen LogP contribution in [0.25, 0.3) is 0 Å². The van der Waals surface area contributed by atoms with Crippen LogP contribution in [-0.2, 0) is 12.8 Å². The van der Waals surface area contributed by atoms with Crippen molar-refractivity contribution in [1.82, 2.24) is 0 Å². The van der Waals surface area contributed by atoms with E-state index in [-0.39, 0.29) is 22.0 Å². The van der Waals surface area contributed by atoms with E-state index in [1.165, 1.54) is 6.07 Å². The van der Waals surface area contributed by atoms with Crippen molar-refractivity contribution in [3.63, 3.8) is 0 Å². The van der Waals surface area contributed by atoms with E-state index in [2.05, 4.69) is 41.5 Å². The minimum Gasteiger partial charge on any atom is -0.478 e. The van der Waals surface area contributed by atoms with Gasteiger partial charge in [0, 0.05) is 0 Å². The van der Waals surface area contributed by atoms with Crippen LogP contribution in [0.3, 0.4) is 0 Å². The predicted molar refractivity (Wildman–Crippen MR) is 95.9 cm³/mol. The number of hydrogen-bond acceptors (Lipinski definition) is 2. The zero-order valence-electron chi connectivity index (χ0n) is 15.7. The van der Waals surface area contributed by atoms with E-state index < -0.39 is 11.9 Å². The lowest BCUT2D eigenvalue weighted by Gasteiger charge is -2.23. The molecule has 0 aliphatic rings. The molecule has 2 N–H and O–H groups in total. The Bertz CT molecular complexity index is 616. The third-order valence-electron chi connectivity index (χ3n) is 4.12. The van der Waals surface area contributed by atoms with E-state index >= 15 is 0 Å². The second-order valence-electron chi connectivity index (χ2n) is 8.86. The van der Waals surface area contributed by atoms with Crippen LogP contribution >= 0.6 is 0 Å². The molecule has 24 heavy (non-hydrogen) atoms. The Morgan fingerprint density at radius 2 is 1.33 bits per heavy atom. The Morgan fingerprint density at radius 3 is 1.75 bits per heavy atom. The number of carboxylic acids is 2. The molecule has 0 aliphatic carbocycles. The van der Waals surface area contributed by atoms with Gasteiger partial charge in [0.05, 0.1) is 11.1 Å². The summed E-state index contributed by atoms with van der Waals surface area (Å²) in [6.45, 7) is 12.7. The van der Waals surface area contributed by atoms with Gasteiger partial charge in [-0.05, 0) is 53.7 Å². The Hall–Kier alpha value is -1.84. The van der Waals surface area contributed by atoms with E-state index in [0.29, 0.717) is 12.0 Å². The van der Waals surface area contributed by atoms with Crippen LogP contribution in [0.4, 0.5) is 0 Å². The zero-order valence-corrected chi connectivity index (χ0v) is 15.7. The first-order valence-electron chi connectivity index (χ1n) is 8.43. The highest BCUT2D eigenvalue weighted by atomic mass is 16.4. The largest absolute Gasteiger partial charge is 0.478 e. The second-order valence-corrected chi connectivity index (χ2v) is 8.86. The van der Waals surface area contributed by atoms with Crippen molar-refractivity contribution in [3.05, 3.63) is 34.4 Å². The SMILES string of the molecule is CC(C)(C)CCc1ccc(C(=O)O)c(C(=O)O)c1CCC(C)(C)C. The van der Waals surface area contributed by atoms with Gasteiger partial charge in [-0.3, -0.25) is 0 Å². The van der Waals surface area contributed by atoms with E-state index in [1.807, 2.05) is 0 Å². The van der Waals surface area contributed by atoms with Gasteiger partial charge in [-0.25, -0.2) is 9.59 Å². The van der Waals surface area contributed by atoms with Crippen molar-refractivity contribution in [2.75, 3.05) is 0 Å². The normalized spacial score (nSPS) is 12.2. The molecule has 0 bridgehead atoms. The molecule has 0 atom stereocenters. The number of rotatable bonds is 6. The standard InChI is InChI=1S/C20H30O4/c1-19(2,3)11-9-13-7-8-15(17(21)22)16(18(23)24)14(13)10-12-20(4,5)6/h7-8H,9-12H2,1-6H3,(H,21,22)(H,23,24). The Kier molecular flexibility index (Phi) is 6.20. The number of carbonyl (C=O) groups is 2. The fourth-order valence-electron chi connectivity index (χ4n) is 2.64. The molecular weight excluding hydrogens is 304 g/mol. The van der Waals surface area contributed by atoms with Gasteiger partial charge in [0.2, 0.25) is 0 Å². The average Bonchev–Trinajstić information content (AvgIpc) is 2.40. The van der Waals surface area contributed by atoms with Crippen LogP contribution in [-0.4, -0.2) is 22.2 Å². The van der Waals surface area contributed by atoms with E-state index in [0.717, 1.165) is 24.8 Å². The smallest absolute Gasteiger partial charge is 0.336 e. The summed E-state index contributed by atoms with van der Waals surface area (Å²) in [5, 5.41) is 19.0.